The predicted molar refractivity (Wildman–Crippen MR) is 55.4 cm³/mol. The van der Waals surface area contributed by atoms with E-state index in [2.05, 4.69) is 21.5 Å². The van der Waals surface area contributed by atoms with Crippen LogP contribution in [0.25, 0.3) is 17.5 Å². The first-order valence-corrected chi connectivity index (χ1v) is 4.25. The summed E-state index contributed by atoms with van der Waals surface area (Å²) < 4.78 is 0. The molecule has 2 heterocycles. The molecule has 0 fully saturated rings. The van der Waals surface area contributed by atoms with E-state index in [1.165, 1.54) is 0 Å². The Morgan fingerprint density at radius 2 is 1.93 bits per heavy atom. The van der Waals surface area contributed by atoms with Crippen LogP contribution in [0.1, 0.15) is 5.56 Å². The van der Waals surface area contributed by atoms with Gasteiger partial charge in [0.2, 0.25) is 0 Å². The van der Waals surface area contributed by atoms with E-state index < -0.39 is 0 Å². The Kier molecular flexibility index (Phi) is 2.32. The SMILES string of the molecule is C=Cc1cnc(-c2cccnc2)nc1. The molecule has 0 unspecified atom stereocenters. The Balaban J connectivity index is 2.39. The molecule has 3 heteroatoms. The first-order valence-electron chi connectivity index (χ1n) is 4.25. The number of rotatable bonds is 2. The van der Waals surface area contributed by atoms with Crippen LogP contribution in [0.4, 0.5) is 0 Å². The Bertz CT molecular complexity index is 420. The number of aromatic nitrogens is 3. The Morgan fingerprint density at radius 3 is 2.50 bits per heavy atom. The summed E-state index contributed by atoms with van der Waals surface area (Å²) in [4.78, 5) is 12.4. The van der Waals surface area contributed by atoms with Crippen molar-refractivity contribution in [1.82, 2.24) is 15.0 Å². The summed E-state index contributed by atoms with van der Waals surface area (Å²) in [7, 11) is 0. The fraction of sp³-hybridized carbons (Fsp3) is 0. The molecular weight excluding hydrogens is 174 g/mol. The van der Waals surface area contributed by atoms with Gasteiger partial charge in [-0.15, -0.1) is 0 Å². The molecule has 0 bridgehead atoms. The van der Waals surface area contributed by atoms with E-state index in [-0.39, 0.29) is 0 Å². The first kappa shape index (κ1) is 8.56. The van der Waals surface area contributed by atoms with Crippen molar-refractivity contribution in [3.63, 3.8) is 0 Å². The Hall–Kier alpha value is -2.03. The second kappa shape index (κ2) is 3.79. The second-order valence-electron chi connectivity index (χ2n) is 2.79. The fourth-order valence-electron chi connectivity index (χ4n) is 1.09. The molecule has 0 aromatic carbocycles. The molecule has 0 spiro atoms. The molecule has 3 nitrogen and oxygen atoms in total. The van der Waals surface area contributed by atoms with Crippen LogP contribution in [0.5, 0.6) is 0 Å². The highest BCUT2D eigenvalue weighted by molar-refractivity contribution is 5.54. The maximum atomic E-state index is 4.20. The topological polar surface area (TPSA) is 38.7 Å². The maximum absolute atomic E-state index is 4.20. The number of hydrogen-bond donors (Lipinski definition) is 0. The van der Waals surface area contributed by atoms with Crippen LogP contribution in [0, 0.1) is 0 Å². The average molecular weight is 183 g/mol. The molecule has 0 amide bonds. The summed E-state index contributed by atoms with van der Waals surface area (Å²) in [5.41, 5.74) is 1.83. The molecule has 68 valence electrons. The van der Waals surface area contributed by atoms with Gasteiger partial charge in [-0.2, -0.15) is 0 Å². The molecule has 0 aliphatic heterocycles. The molecule has 0 atom stereocenters. The van der Waals surface area contributed by atoms with Gasteiger partial charge in [0, 0.05) is 35.9 Å². The Labute approximate surface area is 82.2 Å². The van der Waals surface area contributed by atoms with Gasteiger partial charge in [-0.1, -0.05) is 12.7 Å². The van der Waals surface area contributed by atoms with Crippen LogP contribution in [0.15, 0.2) is 43.5 Å². The average Bonchev–Trinajstić information content (AvgIpc) is 2.30. The molecule has 2 aromatic heterocycles. The molecule has 0 radical (unpaired) electrons. The number of pyridine rings is 1. The van der Waals surface area contributed by atoms with Gasteiger partial charge >= 0.3 is 0 Å². The summed E-state index contributed by atoms with van der Waals surface area (Å²) in [5, 5.41) is 0. The van der Waals surface area contributed by atoms with E-state index >= 15 is 0 Å². The van der Waals surface area contributed by atoms with Gasteiger partial charge in [0.1, 0.15) is 0 Å². The summed E-state index contributed by atoms with van der Waals surface area (Å²) >= 11 is 0. The van der Waals surface area contributed by atoms with Crippen molar-refractivity contribution in [2.75, 3.05) is 0 Å². The molecule has 0 aliphatic carbocycles. The van der Waals surface area contributed by atoms with Crippen LogP contribution in [-0.2, 0) is 0 Å². The highest BCUT2D eigenvalue weighted by atomic mass is 14.9. The quantitative estimate of drug-likeness (QED) is 0.716. The third kappa shape index (κ3) is 1.66. The van der Waals surface area contributed by atoms with Gasteiger partial charge in [-0.25, -0.2) is 9.97 Å². The minimum Gasteiger partial charge on any atom is -0.264 e. The van der Waals surface area contributed by atoms with E-state index in [1.807, 2.05) is 12.1 Å². The molecule has 2 aromatic rings. The van der Waals surface area contributed by atoms with Crippen LogP contribution >= 0.6 is 0 Å². The molecule has 0 aliphatic rings. The van der Waals surface area contributed by atoms with Crippen LogP contribution in [-0.4, -0.2) is 15.0 Å². The largest absolute Gasteiger partial charge is 0.264 e. The molecule has 0 saturated heterocycles. The highest BCUT2D eigenvalue weighted by Crippen LogP contribution is 2.11. The van der Waals surface area contributed by atoms with Gasteiger partial charge in [-0.05, 0) is 12.1 Å². The van der Waals surface area contributed by atoms with E-state index in [1.54, 1.807) is 30.9 Å². The van der Waals surface area contributed by atoms with Gasteiger partial charge in [0.15, 0.2) is 5.82 Å². The predicted octanol–water partition coefficient (Wildman–Crippen LogP) is 2.18. The summed E-state index contributed by atoms with van der Waals surface area (Å²) in [5.74, 6) is 0.684. The summed E-state index contributed by atoms with van der Waals surface area (Å²) in [6, 6.07) is 3.79. The normalized spacial score (nSPS) is 9.71. The van der Waals surface area contributed by atoms with Crippen molar-refractivity contribution >= 4 is 6.08 Å². The van der Waals surface area contributed by atoms with Crippen molar-refractivity contribution in [3.8, 4) is 11.4 Å². The molecular formula is C11H9N3. The number of hydrogen-bond acceptors (Lipinski definition) is 3. The minimum absolute atomic E-state index is 0.684. The van der Waals surface area contributed by atoms with Gasteiger partial charge < -0.3 is 0 Å². The maximum Gasteiger partial charge on any atom is 0.160 e. The summed E-state index contributed by atoms with van der Waals surface area (Å²) in [6.07, 6.45) is 8.65. The van der Waals surface area contributed by atoms with Crippen molar-refractivity contribution in [3.05, 3.63) is 49.1 Å². The lowest BCUT2D eigenvalue weighted by atomic mass is 10.2. The molecule has 0 N–H and O–H groups in total. The third-order valence-electron chi connectivity index (χ3n) is 1.83. The van der Waals surface area contributed by atoms with E-state index in [4.69, 9.17) is 0 Å². The zero-order chi connectivity index (χ0) is 9.80. The van der Waals surface area contributed by atoms with Crippen LogP contribution in [0.3, 0.4) is 0 Å². The zero-order valence-corrected chi connectivity index (χ0v) is 7.59. The van der Waals surface area contributed by atoms with Crippen LogP contribution in [0.2, 0.25) is 0 Å². The highest BCUT2D eigenvalue weighted by Gasteiger charge is 1.98. The van der Waals surface area contributed by atoms with Crippen molar-refractivity contribution in [1.29, 1.82) is 0 Å². The van der Waals surface area contributed by atoms with E-state index in [0.717, 1.165) is 11.1 Å². The minimum atomic E-state index is 0.684. The van der Waals surface area contributed by atoms with Crippen molar-refractivity contribution < 1.29 is 0 Å². The lowest BCUT2D eigenvalue weighted by Crippen LogP contribution is -1.89. The molecule has 0 saturated carbocycles. The van der Waals surface area contributed by atoms with Gasteiger partial charge in [0.05, 0.1) is 0 Å². The van der Waals surface area contributed by atoms with E-state index in [9.17, 15) is 0 Å². The number of nitrogens with zero attached hydrogens (tertiary/aromatic N) is 3. The zero-order valence-electron chi connectivity index (χ0n) is 7.59. The standard InChI is InChI=1S/C11H9N3/c1-2-9-6-13-11(14-7-9)10-4-3-5-12-8-10/h2-8H,1H2. The summed E-state index contributed by atoms with van der Waals surface area (Å²) in [6.45, 7) is 3.64. The molecule has 14 heavy (non-hydrogen) atoms. The fourth-order valence-corrected chi connectivity index (χ4v) is 1.09. The Morgan fingerprint density at radius 1 is 1.14 bits per heavy atom. The lowest BCUT2D eigenvalue weighted by molar-refractivity contribution is 1.16. The van der Waals surface area contributed by atoms with Gasteiger partial charge in [0.25, 0.3) is 0 Å². The van der Waals surface area contributed by atoms with Gasteiger partial charge in [-0.3, -0.25) is 4.98 Å². The third-order valence-corrected chi connectivity index (χ3v) is 1.83. The monoisotopic (exact) mass is 183 g/mol. The van der Waals surface area contributed by atoms with Crippen LogP contribution < -0.4 is 0 Å². The smallest absolute Gasteiger partial charge is 0.160 e. The molecule has 2 rings (SSSR count). The lowest BCUT2D eigenvalue weighted by Gasteiger charge is -1.98. The van der Waals surface area contributed by atoms with E-state index in [0.29, 0.717) is 5.82 Å². The van der Waals surface area contributed by atoms with Crippen molar-refractivity contribution in [2.45, 2.75) is 0 Å². The first-order chi connectivity index (χ1) is 6.90. The van der Waals surface area contributed by atoms with Crippen molar-refractivity contribution in [2.24, 2.45) is 0 Å². The second-order valence-corrected chi connectivity index (χ2v) is 2.79.